The monoisotopic (exact) mass is 240 g/mol. The molecule has 0 radical (unpaired) electrons. The van der Waals surface area contributed by atoms with Gasteiger partial charge >= 0.3 is 0 Å². The van der Waals surface area contributed by atoms with Gasteiger partial charge in [-0.15, -0.1) is 11.3 Å². The maximum Gasteiger partial charge on any atom is 0.233 e. The van der Waals surface area contributed by atoms with Gasteiger partial charge in [0.25, 0.3) is 0 Å². The molecule has 0 unspecified atom stereocenters. The van der Waals surface area contributed by atoms with Crippen molar-refractivity contribution in [2.75, 3.05) is 13.1 Å². The van der Waals surface area contributed by atoms with E-state index in [0.29, 0.717) is 12.5 Å². The molecule has 1 aromatic heterocycles. The number of aryl methyl sites for hydroxylation is 1. The first kappa shape index (κ1) is 13.2. The molecular formula is C12H20N2OS. The second-order valence-corrected chi connectivity index (χ2v) is 5.33. The lowest BCUT2D eigenvalue weighted by Gasteiger charge is -2.08. The maximum absolute atomic E-state index is 11.4. The Morgan fingerprint density at radius 2 is 2.25 bits per heavy atom. The van der Waals surface area contributed by atoms with E-state index in [1.165, 1.54) is 10.4 Å². The van der Waals surface area contributed by atoms with Crippen molar-refractivity contribution in [1.82, 2.24) is 10.6 Å². The molecule has 0 fully saturated rings. The standard InChI is InChI=1S/C12H20N2OS/c1-9(2)6-14-12(15)8-13-7-11-10(3)4-5-16-11/h4-5,9,13H,6-8H2,1-3H3,(H,14,15). The summed E-state index contributed by atoms with van der Waals surface area (Å²) in [5.74, 6) is 0.575. The minimum Gasteiger partial charge on any atom is -0.355 e. The molecule has 0 bridgehead atoms. The highest BCUT2D eigenvalue weighted by Crippen LogP contribution is 2.14. The van der Waals surface area contributed by atoms with Crippen molar-refractivity contribution in [1.29, 1.82) is 0 Å². The highest BCUT2D eigenvalue weighted by atomic mass is 32.1. The summed E-state index contributed by atoms with van der Waals surface area (Å²) in [6.07, 6.45) is 0. The van der Waals surface area contributed by atoms with Crippen molar-refractivity contribution < 1.29 is 4.79 Å². The van der Waals surface area contributed by atoms with Gasteiger partial charge in [-0.05, 0) is 29.9 Å². The molecule has 3 nitrogen and oxygen atoms in total. The van der Waals surface area contributed by atoms with Crippen LogP contribution in [0.1, 0.15) is 24.3 Å². The Balaban J connectivity index is 2.16. The molecule has 1 heterocycles. The van der Waals surface area contributed by atoms with E-state index >= 15 is 0 Å². The summed E-state index contributed by atoms with van der Waals surface area (Å²) in [5, 5.41) is 8.10. The highest BCUT2D eigenvalue weighted by Gasteiger charge is 2.03. The average molecular weight is 240 g/mol. The second-order valence-electron chi connectivity index (χ2n) is 4.33. The second kappa shape index (κ2) is 6.66. The van der Waals surface area contributed by atoms with Crippen LogP contribution >= 0.6 is 11.3 Å². The van der Waals surface area contributed by atoms with Gasteiger partial charge in [-0.3, -0.25) is 4.79 Å². The van der Waals surface area contributed by atoms with Crippen molar-refractivity contribution in [3.05, 3.63) is 21.9 Å². The van der Waals surface area contributed by atoms with Crippen molar-refractivity contribution in [2.24, 2.45) is 5.92 Å². The molecule has 0 aromatic carbocycles. The number of amides is 1. The molecule has 0 saturated carbocycles. The molecule has 4 heteroatoms. The Morgan fingerprint density at radius 1 is 1.50 bits per heavy atom. The fourth-order valence-electron chi connectivity index (χ4n) is 1.26. The zero-order chi connectivity index (χ0) is 12.0. The average Bonchev–Trinajstić information content (AvgIpc) is 2.61. The van der Waals surface area contributed by atoms with E-state index in [1.807, 2.05) is 0 Å². The van der Waals surface area contributed by atoms with Crippen LogP contribution in [0.3, 0.4) is 0 Å². The number of hydrogen-bond donors (Lipinski definition) is 2. The first-order chi connectivity index (χ1) is 7.59. The first-order valence-electron chi connectivity index (χ1n) is 5.60. The van der Waals surface area contributed by atoms with Crippen molar-refractivity contribution in [2.45, 2.75) is 27.3 Å². The molecule has 0 atom stereocenters. The van der Waals surface area contributed by atoms with Crippen LogP contribution in [0, 0.1) is 12.8 Å². The van der Waals surface area contributed by atoms with Crippen molar-refractivity contribution >= 4 is 17.2 Å². The molecule has 1 amide bonds. The lowest BCUT2D eigenvalue weighted by atomic mass is 10.2. The number of carbonyl (C=O) groups excluding carboxylic acids is 1. The van der Waals surface area contributed by atoms with E-state index in [-0.39, 0.29) is 5.91 Å². The smallest absolute Gasteiger partial charge is 0.233 e. The lowest BCUT2D eigenvalue weighted by Crippen LogP contribution is -2.35. The summed E-state index contributed by atoms with van der Waals surface area (Å²) in [6, 6.07) is 2.10. The molecule has 0 spiro atoms. The molecule has 1 rings (SSSR count). The minimum absolute atomic E-state index is 0.0721. The van der Waals surface area contributed by atoms with Gasteiger partial charge in [0.1, 0.15) is 0 Å². The predicted octanol–water partition coefficient (Wildman–Crippen LogP) is 1.92. The summed E-state index contributed by atoms with van der Waals surface area (Å²) in [7, 11) is 0. The Hall–Kier alpha value is -0.870. The van der Waals surface area contributed by atoms with Gasteiger partial charge in [-0.25, -0.2) is 0 Å². The van der Waals surface area contributed by atoms with Gasteiger partial charge in [0.15, 0.2) is 0 Å². The quantitative estimate of drug-likeness (QED) is 0.797. The molecule has 0 aliphatic heterocycles. The third-order valence-electron chi connectivity index (χ3n) is 2.25. The fraction of sp³-hybridized carbons (Fsp3) is 0.583. The van der Waals surface area contributed by atoms with Crippen LogP contribution in [0.15, 0.2) is 11.4 Å². The summed E-state index contributed by atoms with van der Waals surface area (Å²) in [6.45, 7) is 8.18. The topological polar surface area (TPSA) is 41.1 Å². The summed E-state index contributed by atoms with van der Waals surface area (Å²) in [5.41, 5.74) is 1.29. The summed E-state index contributed by atoms with van der Waals surface area (Å²) in [4.78, 5) is 12.7. The highest BCUT2D eigenvalue weighted by molar-refractivity contribution is 7.10. The first-order valence-corrected chi connectivity index (χ1v) is 6.48. The van der Waals surface area contributed by atoms with E-state index in [1.54, 1.807) is 11.3 Å². The van der Waals surface area contributed by atoms with Crippen LogP contribution in [0.5, 0.6) is 0 Å². The number of rotatable bonds is 6. The van der Waals surface area contributed by atoms with E-state index in [0.717, 1.165) is 13.1 Å². The minimum atomic E-state index is 0.0721. The molecule has 1 aromatic rings. The van der Waals surface area contributed by atoms with Crippen LogP contribution in [0.4, 0.5) is 0 Å². The van der Waals surface area contributed by atoms with Gasteiger partial charge < -0.3 is 10.6 Å². The molecular weight excluding hydrogens is 220 g/mol. The molecule has 2 N–H and O–H groups in total. The largest absolute Gasteiger partial charge is 0.355 e. The van der Waals surface area contributed by atoms with Crippen molar-refractivity contribution in [3.63, 3.8) is 0 Å². The van der Waals surface area contributed by atoms with E-state index < -0.39 is 0 Å². The van der Waals surface area contributed by atoms with E-state index in [9.17, 15) is 4.79 Å². The Kier molecular flexibility index (Phi) is 5.49. The van der Waals surface area contributed by atoms with E-state index in [2.05, 4.69) is 42.9 Å². The third-order valence-corrected chi connectivity index (χ3v) is 3.27. The van der Waals surface area contributed by atoms with Gasteiger partial charge in [0, 0.05) is 18.0 Å². The van der Waals surface area contributed by atoms with Crippen LogP contribution in [-0.2, 0) is 11.3 Å². The van der Waals surface area contributed by atoms with Gasteiger partial charge in [0.05, 0.1) is 6.54 Å². The number of thiophene rings is 1. The van der Waals surface area contributed by atoms with Crippen LogP contribution < -0.4 is 10.6 Å². The van der Waals surface area contributed by atoms with Crippen LogP contribution in [-0.4, -0.2) is 19.0 Å². The normalized spacial score (nSPS) is 10.8. The fourth-order valence-corrected chi connectivity index (χ4v) is 2.13. The van der Waals surface area contributed by atoms with Gasteiger partial charge in [-0.2, -0.15) is 0 Å². The Morgan fingerprint density at radius 3 is 2.81 bits per heavy atom. The number of carbonyl (C=O) groups is 1. The zero-order valence-electron chi connectivity index (χ0n) is 10.2. The van der Waals surface area contributed by atoms with Gasteiger partial charge in [0.2, 0.25) is 5.91 Å². The molecule has 0 aliphatic rings. The van der Waals surface area contributed by atoms with E-state index in [4.69, 9.17) is 0 Å². The lowest BCUT2D eigenvalue weighted by molar-refractivity contribution is -0.120. The van der Waals surface area contributed by atoms with Crippen molar-refractivity contribution in [3.8, 4) is 0 Å². The summed E-state index contributed by atoms with van der Waals surface area (Å²) < 4.78 is 0. The molecule has 0 saturated heterocycles. The SMILES string of the molecule is Cc1ccsc1CNCC(=O)NCC(C)C. The maximum atomic E-state index is 11.4. The number of hydrogen-bond acceptors (Lipinski definition) is 3. The zero-order valence-corrected chi connectivity index (χ0v) is 11.0. The number of nitrogens with one attached hydrogen (secondary N) is 2. The third kappa shape index (κ3) is 4.77. The van der Waals surface area contributed by atoms with Gasteiger partial charge in [-0.1, -0.05) is 13.8 Å². The molecule has 90 valence electrons. The van der Waals surface area contributed by atoms with Crippen LogP contribution in [0.25, 0.3) is 0 Å². The molecule has 16 heavy (non-hydrogen) atoms. The molecule has 0 aliphatic carbocycles. The van der Waals surface area contributed by atoms with Crippen LogP contribution in [0.2, 0.25) is 0 Å². The Labute approximate surface area is 101 Å². The predicted molar refractivity (Wildman–Crippen MR) is 68.6 cm³/mol. The Bertz CT molecular complexity index is 334. The summed E-state index contributed by atoms with van der Waals surface area (Å²) >= 11 is 1.73.